The number of nitrogens with zero attached hydrogens (tertiary/aromatic N) is 4. The molecule has 0 fully saturated rings. The van der Waals surface area contributed by atoms with Gasteiger partial charge in [0.2, 0.25) is 0 Å². The number of para-hydroxylation sites is 5. The number of hydrogen-bond acceptors (Lipinski definition) is 0. The van der Waals surface area contributed by atoms with Gasteiger partial charge in [-0.1, -0.05) is 276 Å². The van der Waals surface area contributed by atoms with E-state index in [2.05, 4.69) is 410 Å². The van der Waals surface area contributed by atoms with E-state index in [1.807, 2.05) is 0 Å². The van der Waals surface area contributed by atoms with Gasteiger partial charge in [-0.3, -0.25) is 0 Å². The summed E-state index contributed by atoms with van der Waals surface area (Å²) in [6.07, 6.45) is 0. The molecule has 0 saturated heterocycles. The standard InChI is InChI=1S/2C51H36N2/c1-51(2)44-20-10-6-17-38(44)41-32-36(26-27-45(41)51)52-47-22-12-8-18-39(47)42-30-34(24-28-49(42)52)35-25-29-50-43(31-35)40-19-9-13-23-48(40)53(50)46-21-11-7-16-37(46)33-14-4-3-5-15-33;1-51(2)45-20-9-6-17-39(45)42-32-38(25-26-46(42)51)53-48-22-11-8-19-41(48)44-31-36(24-28-50(44)53)35-23-27-49-43(30-35)40-18-7-10-21-47(40)52(49)37-16-12-15-34(29-37)33-13-4-3-5-14-33/h2*3-32H,1-2H3. The van der Waals surface area contributed by atoms with Crippen LogP contribution in [0.4, 0.5) is 0 Å². The molecule has 0 N–H and O–H groups in total. The van der Waals surface area contributed by atoms with Crippen molar-refractivity contribution in [2.45, 2.75) is 38.5 Å². The van der Waals surface area contributed by atoms with Gasteiger partial charge < -0.3 is 18.3 Å². The zero-order valence-corrected chi connectivity index (χ0v) is 59.4. The fraction of sp³-hybridized carbons (Fsp3) is 0.0588. The van der Waals surface area contributed by atoms with Crippen LogP contribution in [0.2, 0.25) is 0 Å². The number of aromatic nitrogens is 4. The van der Waals surface area contributed by atoms with E-state index < -0.39 is 0 Å². The van der Waals surface area contributed by atoms with Gasteiger partial charge >= 0.3 is 0 Å². The monoisotopic (exact) mass is 1350 g/mol. The van der Waals surface area contributed by atoms with Crippen molar-refractivity contribution in [1.29, 1.82) is 0 Å². The van der Waals surface area contributed by atoms with Crippen molar-refractivity contribution in [1.82, 2.24) is 18.3 Å². The average Bonchev–Trinajstić information content (AvgIpc) is 1.58. The molecule has 0 unspecified atom stereocenters. The Labute approximate surface area is 615 Å². The molecule has 22 rings (SSSR count). The van der Waals surface area contributed by atoms with E-state index in [0.29, 0.717) is 0 Å². The smallest absolute Gasteiger partial charge is 0.0541 e. The molecule has 4 nitrogen and oxygen atoms in total. The molecule has 0 aliphatic heterocycles. The van der Waals surface area contributed by atoms with Gasteiger partial charge in [0, 0.05) is 76.5 Å². The summed E-state index contributed by atoms with van der Waals surface area (Å²) >= 11 is 0. The predicted octanol–water partition coefficient (Wildman–Crippen LogP) is 27.0. The minimum absolute atomic E-state index is 0.0141. The van der Waals surface area contributed by atoms with E-state index in [-0.39, 0.29) is 10.8 Å². The maximum atomic E-state index is 2.45. The van der Waals surface area contributed by atoms with Crippen molar-refractivity contribution in [3.8, 4) is 89.5 Å². The molecular formula is C102H72N4. The Bertz CT molecular complexity index is 7010. The first kappa shape index (κ1) is 61.4. The highest BCUT2D eigenvalue weighted by atomic mass is 15.0. The summed E-state index contributed by atoms with van der Waals surface area (Å²) in [5.74, 6) is 0. The molecule has 2 aliphatic rings. The maximum Gasteiger partial charge on any atom is 0.0541 e. The molecule has 500 valence electrons. The molecule has 0 amide bonds. The molecule has 4 aromatic heterocycles. The van der Waals surface area contributed by atoms with Crippen LogP contribution in [0.25, 0.3) is 177 Å². The van der Waals surface area contributed by atoms with E-state index in [4.69, 9.17) is 0 Å². The summed E-state index contributed by atoms with van der Waals surface area (Å²) in [4.78, 5) is 0. The molecule has 16 aromatic carbocycles. The van der Waals surface area contributed by atoms with Gasteiger partial charge in [-0.2, -0.15) is 0 Å². The Morgan fingerprint density at radius 2 is 0.472 bits per heavy atom. The second kappa shape index (κ2) is 23.6. The first-order chi connectivity index (χ1) is 52.1. The average molecular weight is 1350 g/mol. The fourth-order valence-electron chi connectivity index (χ4n) is 18.4. The highest BCUT2D eigenvalue weighted by molar-refractivity contribution is 6.15. The van der Waals surface area contributed by atoms with E-state index >= 15 is 0 Å². The zero-order chi connectivity index (χ0) is 70.5. The van der Waals surface area contributed by atoms with Crippen LogP contribution >= 0.6 is 0 Å². The van der Waals surface area contributed by atoms with Crippen LogP contribution in [-0.2, 0) is 10.8 Å². The van der Waals surface area contributed by atoms with Gasteiger partial charge in [0.15, 0.2) is 0 Å². The summed E-state index contributed by atoms with van der Waals surface area (Å²) in [5.41, 5.74) is 35.1. The summed E-state index contributed by atoms with van der Waals surface area (Å²) in [6.45, 7) is 9.38. The van der Waals surface area contributed by atoms with Crippen LogP contribution in [0.1, 0.15) is 49.9 Å². The normalized spacial score (nSPS) is 13.2. The third-order valence-corrected chi connectivity index (χ3v) is 23.4. The Kier molecular flexibility index (Phi) is 13.7. The molecule has 2 aliphatic carbocycles. The molecule has 0 radical (unpaired) electrons. The second-order valence-corrected chi connectivity index (χ2v) is 29.9. The highest BCUT2D eigenvalue weighted by Gasteiger charge is 2.37. The number of rotatable bonds is 8. The van der Waals surface area contributed by atoms with Crippen molar-refractivity contribution in [2.75, 3.05) is 0 Å². The van der Waals surface area contributed by atoms with E-state index in [1.165, 1.54) is 193 Å². The molecule has 4 heteroatoms. The largest absolute Gasteiger partial charge is 0.309 e. The lowest BCUT2D eigenvalue weighted by Crippen LogP contribution is -2.14. The molecule has 0 atom stereocenters. The van der Waals surface area contributed by atoms with E-state index in [9.17, 15) is 0 Å². The van der Waals surface area contributed by atoms with Crippen molar-refractivity contribution in [3.63, 3.8) is 0 Å². The van der Waals surface area contributed by atoms with Gasteiger partial charge in [0.05, 0.1) is 49.8 Å². The number of fused-ring (bicyclic) bond motifs is 18. The number of hydrogen-bond donors (Lipinski definition) is 0. The Hall–Kier alpha value is -13.3. The van der Waals surface area contributed by atoms with Gasteiger partial charge in [-0.15, -0.1) is 0 Å². The lowest BCUT2D eigenvalue weighted by atomic mass is 9.82. The first-order valence-electron chi connectivity index (χ1n) is 37.0. The van der Waals surface area contributed by atoms with Crippen molar-refractivity contribution >= 4 is 87.2 Å². The minimum Gasteiger partial charge on any atom is -0.309 e. The third-order valence-electron chi connectivity index (χ3n) is 23.4. The van der Waals surface area contributed by atoms with Crippen molar-refractivity contribution < 1.29 is 0 Å². The minimum atomic E-state index is -0.0150. The van der Waals surface area contributed by atoms with E-state index in [1.54, 1.807) is 0 Å². The lowest BCUT2D eigenvalue weighted by Gasteiger charge is -2.21. The zero-order valence-electron chi connectivity index (χ0n) is 59.4. The van der Waals surface area contributed by atoms with Gasteiger partial charge in [0.1, 0.15) is 0 Å². The molecule has 4 heterocycles. The van der Waals surface area contributed by atoms with Crippen LogP contribution in [0.5, 0.6) is 0 Å². The van der Waals surface area contributed by atoms with Crippen LogP contribution in [0.3, 0.4) is 0 Å². The Balaban J connectivity index is 0.000000136. The fourth-order valence-corrected chi connectivity index (χ4v) is 18.4. The maximum absolute atomic E-state index is 2.45. The molecule has 0 saturated carbocycles. The van der Waals surface area contributed by atoms with Crippen LogP contribution in [0.15, 0.2) is 364 Å². The third kappa shape index (κ3) is 9.33. The van der Waals surface area contributed by atoms with E-state index in [0.717, 1.165) is 5.69 Å². The van der Waals surface area contributed by atoms with Crippen LogP contribution in [-0.4, -0.2) is 18.3 Å². The van der Waals surface area contributed by atoms with Gasteiger partial charge in [-0.05, 0) is 199 Å². The molecular weight excluding hydrogens is 1280 g/mol. The second-order valence-electron chi connectivity index (χ2n) is 29.9. The molecule has 0 bridgehead atoms. The van der Waals surface area contributed by atoms with Crippen LogP contribution in [0, 0.1) is 0 Å². The van der Waals surface area contributed by atoms with Crippen molar-refractivity contribution in [3.05, 3.63) is 386 Å². The quantitative estimate of drug-likeness (QED) is 0.144. The molecule has 106 heavy (non-hydrogen) atoms. The highest BCUT2D eigenvalue weighted by Crippen LogP contribution is 2.52. The summed E-state index contributed by atoms with van der Waals surface area (Å²) in [5, 5.41) is 10.1. The van der Waals surface area contributed by atoms with Gasteiger partial charge in [-0.25, -0.2) is 0 Å². The molecule has 0 spiro atoms. The summed E-state index contributed by atoms with van der Waals surface area (Å²) < 4.78 is 9.74. The summed E-state index contributed by atoms with van der Waals surface area (Å²) in [6, 6.07) is 134. The molecule has 20 aromatic rings. The van der Waals surface area contributed by atoms with Crippen LogP contribution < -0.4 is 0 Å². The predicted molar refractivity (Wildman–Crippen MR) is 447 cm³/mol. The van der Waals surface area contributed by atoms with Gasteiger partial charge in [0.25, 0.3) is 0 Å². The topological polar surface area (TPSA) is 19.7 Å². The number of benzene rings is 16. The SMILES string of the molecule is CC1(C)c2ccccc2-c2cc(-n3c4ccccc4c4cc(-c5ccc6c(c5)c5ccccc5n6-c5cccc(-c6ccccc6)c5)ccc43)ccc21.CC1(C)c2ccccc2-c2cc(-n3c4ccccc4c4cc(-c5ccc6c(c5)c5ccccc5n6-c5ccccc5-c5ccccc5)ccc43)ccc21. The lowest BCUT2D eigenvalue weighted by molar-refractivity contribution is 0.660. The van der Waals surface area contributed by atoms with Crippen molar-refractivity contribution in [2.24, 2.45) is 0 Å². The Morgan fingerprint density at radius 1 is 0.170 bits per heavy atom. The first-order valence-corrected chi connectivity index (χ1v) is 37.0. The summed E-state index contributed by atoms with van der Waals surface area (Å²) in [7, 11) is 0. The Morgan fingerprint density at radius 3 is 0.906 bits per heavy atom.